The second-order valence-electron chi connectivity index (χ2n) is 4.18. The number of halogens is 1. The fourth-order valence-corrected chi connectivity index (χ4v) is 1.97. The highest BCUT2D eigenvalue weighted by molar-refractivity contribution is 5.55. The molecule has 1 N–H and O–H groups in total. The standard InChI is InChI=1S/C14H15FN2O/c1-9-13(6-7-18)10(2)17-14(16-9)11-4-3-5-12(15)8-11/h3-5,8,18H,6-7H2,1-2H3. The van der Waals surface area contributed by atoms with E-state index in [9.17, 15) is 4.39 Å². The van der Waals surface area contributed by atoms with Gasteiger partial charge in [0, 0.05) is 23.6 Å². The van der Waals surface area contributed by atoms with Gasteiger partial charge in [-0.15, -0.1) is 0 Å². The molecule has 1 heterocycles. The molecule has 94 valence electrons. The van der Waals surface area contributed by atoms with Crippen LogP contribution in [0.3, 0.4) is 0 Å². The lowest BCUT2D eigenvalue weighted by atomic mass is 10.1. The number of hydrogen-bond donors (Lipinski definition) is 1. The van der Waals surface area contributed by atoms with Crippen LogP contribution in [-0.4, -0.2) is 21.7 Å². The maximum Gasteiger partial charge on any atom is 0.159 e. The average molecular weight is 246 g/mol. The largest absolute Gasteiger partial charge is 0.396 e. The quantitative estimate of drug-likeness (QED) is 0.904. The number of aryl methyl sites for hydroxylation is 2. The molecule has 0 unspecified atom stereocenters. The lowest BCUT2D eigenvalue weighted by molar-refractivity contribution is 0.299. The van der Waals surface area contributed by atoms with Crippen molar-refractivity contribution >= 4 is 0 Å². The van der Waals surface area contributed by atoms with Gasteiger partial charge in [0.2, 0.25) is 0 Å². The molecule has 0 aliphatic carbocycles. The molecule has 0 saturated carbocycles. The van der Waals surface area contributed by atoms with Crippen LogP contribution in [0.1, 0.15) is 17.0 Å². The predicted octanol–water partition coefficient (Wildman–Crippen LogP) is 2.43. The molecule has 0 atom stereocenters. The third kappa shape index (κ3) is 2.54. The van der Waals surface area contributed by atoms with Crippen molar-refractivity contribution in [3.63, 3.8) is 0 Å². The van der Waals surface area contributed by atoms with Crippen LogP contribution in [0.2, 0.25) is 0 Å². The molecule has 0 bridgehead atoms. The second kappa shape index (κ2) is 5.23. The van der Waals surface area contributed by atoms with Crippen LogP contribution < -0.4 is 0 Å². The van der Waals surface area contributed by atoms with Gasteiger partial charge in [-0.25, -0.2) is 14.4 Å². The van der Waals surface area contributed by atoms with Crippen LogP contribution in [0.25, 0.3) is 11.4 Å². The SMILES string of the molecule is Cc1nc(-c2cccc(F)c2)nc(C)c1CCO. The summed E-state index contributed by atoms with van der Waals surface area (Å²) in [6, 6.07) is 6.23. The first-order valence-corrected chi connectivity index (χ1v) is 5.82. The molecule has 1 aromatic heterocycles. The molecule has 0 saturated heterocycles. The summed E-state index contributed by atoms with van der Waals surface area (Å²) in [6.45, 7) is 3.83. The molecular formula is C14H15FN2O. The molecule has 2 rings (SSSR count). The highest BCUT2D eigenvalue weighted by atomic mass is 19.1. The van der Waals surface area contributed by atoms with E-state index in [1.807, 2.05) is 13.8 Å². The van der Waals surface area contributed by atoms with Crippen molar-refractivity contribution in [2.24, 2.45) is 0 Å². The van der Waals surface area contributed by atoms with E-state index >= 15 is 0 Å². The van der Waals surface area contributed by atoms with Crippen LogP contribution in [0.4, 0.5) is 4.39 Å². The van der Waals surface area contributed by atoms with Crippen LogP contribution >= 0.6 is 0 Å². The van der Waals surface area contributed by atoms with Crippen molar-refractivity contribution in [3.05, 3.63) is 47.0 Å². The van der Waals surface area contributed by atoms with Crippen molar-refractivity contribution in [1.82, 2.24) is 9.97 Å². The van der Waals surface area contributed by atoms with E-state index in [4.69, 9.17) is 5.11 Å². The fourth-order valence-electron chi connectivity index (χ4n) is 1.97. The van der Waals surface area contributed by atoms with Gasteiger partial charge in [0.1, 0.15) is 5.82 Å². The molecule has 4 heteroatoms. The van der Waals surface area contributed by atoms with Crippen molar-refractivity contribution in [2.75, 3.05) is 6.61 Å². The van der Waals surface area contributed by atoms with Gasteiger partial charge in [-0.3, -0.25) is 0 Å². The van der Waals surface area contributed by atoms with E-state index in [1.54, 1.807) is 12.1 Å². The van der Waals surface area contributed by atoms with Crippen LogP contribution in [0.5, 0.6) is 0 Å². The van der Waals surface area contributed by atoms with E-state index in [0.29, 0.717) is 17.8 Å². The first-order chi connectivity index (χ1) is 8.61. The Balaban J connectivity index is 2.48. The average Bonchev–Trinajstić information content (AvgIpc) is 2.33. The molecular weight excluding hydrogens is 231 g/mol. The summed E-state index contributed by atoms with van der Waals surface area (Å²) in [6.07, 6.45) is 0.543. The van der Waals surface area contributed by atoms with E-state index in [0.717, 1.165) is 17.0 Å². The van der Waals surface area contributed by atoms with Gasteiger partial charge in [0.05, 0.1) is 0 Å². The third-order valence-corrected chi connectivity index (χ3v) is 2.87. The maximum atomic E-state index is 13.2. The molecule has 0 aliphatic heterocycles. The molecule has 3 nitrogen and oxygen atoms in total. The third-order valence-electron chi connectivity index (χ3n) is 2.87. The van der Waals surface area contributed by atoms with Gasteiger partial charge >= 0.3 is 0 Å². The van der Waals surface area contributed by atoms with Crippen molar-refractivity contribution in [2.45, 2.75) is 20.3 Å². The Labute approximate surface area is 105 Å². The van der Waals surface area contributed by atoms with Gasteiger partial charge in [0.25, 0.3) is 0 Å². The lowest BCUT2D eigenvalue weighted by Crippen LogP contribution is -2.04. The van der Waals surface area contributed by atoms with Gasteiger partial charge < -0.3 is 5.11 Å². The molecule has 1 aromatic carbocycles. The second-order valence-corrected chi connectivity index (χ2v) is 4.18. The summed E-state index contributed by atoms with van der Waals surface area (Å²) >= 11 is 0. The van der Waals surface area contributed by atoms with Gasteiger partial charge in [0.15, 0.2) is 5.82 Å². The number of hydrogen-bond acceptors (Lipinski definition) is 3. The normalized spacial score (nSPS) is 10.7. The number of aliphatic hydroxyl groups excluding tert-OH is 1. The number of nitrogens with zero attached hydrogens (tertiary/aromatic N) is 2. The molecule has 0 aliphatic rings. The topological polar surface area (TPSA) is 46.0 Å². The zero-order chi connectivity index (χ0) is 13.1. The van der Waals surface area contributed by atoms with Crippen molar-refractivity contribution in [1.29, 1.82) is 0 Å². The van der Waals surface area contributed by atoms with E-state index in [-0.39, 0.29) is 12.4 Å². The zero-order valence-electron chi connectivity index (χ0n) is 10.4. The van der Waals surface area contributed by atoms with Crippen molar-refractivity contribution < 1.29 is 9.50 Å². The van der Waals surface area contributed by atoms with Crippen molar-refractivity contribution in [3.8, 4) is 11.4 Å². The maximum absolute atomic E-state index is 13.2. The summed E-state index contributed by atoms with van der Waals surface area (Å²) in [5.41, 5.74) is 3.28. The van der Waals surface area contributed by atoms with E-state index in [1.165, 1.54) is 12.1 Å². The summed E-state index contributed by atoms with van der Waals surface area (Å²) < 4.78 is 13.2. The molecule has 0 fully saturated rings. The van der Waals surface area contributed by atoms with Gasteiger partial charge in [-0.1, -0.05) is 12.1 Å². The van der Waals surface area contributed by atoms with E-state index < -0.39 is 0 Å². The summed E-state index contributed by atoms with van der Waals surface area (Å²) in [5.74, 6) is 0.219. The summed E-state index contributed by atoms with van der Waals surface area (Å²) in [4.78, 5) is 8.75. The van der Waals surface area contributed by atoms with Crippen LogP contribution in [-0.2, 0) is 6.42 Å². The predicted molar refractivity (Wildman–Crippen MR) is 67.7 cm³/mol. The molecule has 18 heavy (non-hydrogen) atoms. The molecule has 2 aromatic rings. The minimum Gasteiger partial charge on any atom is -0.396 e. The lowest BCUT2D eigenvalue weighted by Gasteiger charge is -2.09. The van der Waals surface area contributed by atoms with E-state index in [2.05, 4.69) is 9.97 Å². The molecule has 0 amide bonds. The highest BCUT2D eigenvalue weighted by Crippen LogP contribution is 2.19. The smallest absolute Gasteiger partial charge is 0.159 e. The van der Waals surface area contributed by atoms with Gasteiger partial charge in [-0.2, -0.15) is 0 Å². The minimum absolute atomic E-state index is 0.0738. The Morgan fingerprint density at radius 2 is 1.83 bits per heavy atom. The Morgan fingerprint density at radius 3 is 2.39 bits per heavy atom. The minimum atomic E-state index is -0.300. The first-order valence-electron chi connectivity index (χ1n) is 5.82. The number of rotatable bonds is 3. The highest BCUT2D eigenvalue weighted by Gasteiger charge is 2.09. The Hall–Kier alpha value is -1.81. The first kappa shape index (κ1) is 12.6. The Kier molecular flexibility index (Phi) is 3.67. The molecule has 0 radical (unpaired) electrons. The summed E-state index contributed by atoms with van der Waals surface area (Å²) in [5, 5.41) is 8.99. The Morgan fingerprint density at radius 1 is 1.17 bits per heavy atom. The van der Waals surface area contributed by atoms with Crippen LogP contribution in [0.15, 0.2) is 24.3 Å². The van der Waals surface area contributed by atoms with Gasteiger partial charge in [-0.05, 0) is 38.0 Å². The fraction of sp³-hybridized carbons (Fsp3) is 0.286. The van der Waals surface area contributed by atoms with Crippen LogP contribution in [0, 0.1) is 19.7 Å². The summed E-state index contributed by atoms with van der Waals surface area (Å²) in [7, 11) is 0. The number of benzene rings is 1. The number of aromatic nitrogens is 2. The Bertz CT molecular complexity index is 546. The molecule has 0 spiro atoms. The zero-order valence-corrected chi connectivity index (χ0v) is 10.4. The monoisotopic (exact) mass is 246 g/mol. The number of aliphatic hydroxyl groups is 1.